The molecule has 0 aliphatic rings. The van der Waals surface area contributed by atoms with Crippen LogP contribution in [-0.2, 0) is 32.7 Å². The number of carbonyl (C=O) groups excluding carboxylic acids is 2. The van der Waals surface area contributed by atoms with Crippen LogP contribution < -0.4 is 4.89 Å². The van der Waals surface area contributed by atoms with Crippen molar-refractivity contribution < 1.29 is 42.1 Å². The van der Waals surface area contributed by atoms with Crippen LogP contribution in [0.4, 0.5) is 0 Å². The molecule has 0 N–H and O–H groups in total. The summed E-state index contributed by atoms with van der Waals surface area (Å²) >= 11 is 0. The Morgan fingerprint density at radius 3 is 1.38 bits per heavy atom. The van der Waals surface area contributed by atoms with Crippen molar-refractivity contribution in [3.05, 3.63) is 72.9 Å². The molecule has 0 spiro atoms. The standard InChI is InChI=1S/C48H84NO8P/c1-6-8-10-12-14-16-18-20-22-24-26-28-30-32-34-36-38-40-47(50)54-44-46(45-56-58(52,53)55-43-42-49(3,4)5)57-48(51)41-39-37-35-33-31-29-27-25-23-21-19-17-15-13-11-9-7-2/h20-23,26-29,32-35,46H,6-19,24-25,30-31,36-45H2,1-5H3/b22-20-,23-21-,28-26-,29-27-,34-32-,35-33-/t46-/m1/s1. The molecule has 0 fully saturated rings. The number of hydrogen-bond acceptors (Lipinski definition) is 8. The highest BCUT2D eigenvalue weighted by atomic mass is 31.2. The highest BCUT2D eigenvalue weighted by molar-refractivity contribution is 7.45. The van der Waals surface area contributed by atoms with Crippen LogP contribution in [0, 0.1) is 0 Å². The Morgan fingerprint density at radius 1 is 0.534 bits per heavy atom. The summed E-state index contributed by atoms with van der Waals surface area (Å²) in [6.07, 6.45) is 49.5. The third-order valence-electron chi connectivity index (χ3n) is 9.20. The minimum Gasteiger partial charge on any atom is -0.756 e. The molecule has 0 saturated carbocycles. The first-order chi connectivity index (χ1) is 28.0. The van der Waals surface area contributed by atoms with Crippen molar-refractivity contribution in [2.24, 2.45) is 0 Å². The molecule has 0 aliphatic carbocycles. The number of quaternary nitrogens is 1. The van der Waals surface area contributed by atoms with Gasteiger partial charge in [-0.05, 0) is 77.0 Å². The molecule has 1 unspecified atom stereocenters. The van der Waals surface area contributed by atoms with Gasteiger partial charge in [-0.25, -0.2) is 0 Å². The summed E-state index contributed by atoms with van der Waals surface area (Å²) in [5, 5.41) is 0. The lowest BCUT2D eigenvalue weighted by atomic mass is 10.1. The SMILES string of the molecule is CCCCCCCC/C=C\C/C=C\C/C=C\CCCC(=O)OC[C@H](COP(=O)([O-])OCC[N+](C)(C)C)OC(=O)CCC/C=C\C/C=C\C/C=C\CCCCCCCC. The van der Waals surface area contributed by atoms with E-state index in [1.54, 1.807) is 0 Å². The van der Waals surface area contributed by atoms with Crippen molar-refractivity contribution in [1.29, 1.82) is 0 Å². The lowest BCUT2D eigenvalue weighted by molar-refractivity contribution is -0.870. The van der Waals surface area contributed by atoms with E-state index in [1.807, 2.05) is 27.2 Å². The summed E-state index contributed by atoms with van der Waals surface area (Å²) in [6.45, 7) is 4.08. The summed E-state index contributed by atoms with van der Waals surface area (Å²) in [5.41, 5.74) is 0. The van der Waals surface area contributed by atoms with E-state index in [0.717, 1.165) is 44.9 Å². The monoisotopic (exact) mass is 834 g/mol. The fraction of sp³-hybridized carbons (Fsp3) is 0.708. The number of phosphoric acid groups is 1. The van der Waals surface area contributed by atoms with Crippen LogP contribution in [0.25, 0.3) is 0 Å². The molecule has 58 heavy (non-hydrogen) atoms. The normalized spacial score (nSPS) is 14.2. The van der Waals surface area contributed by atoms with E-state index in [-0.39, 0.29) is 26.1 Å². The summed E-state index contributed by atoms with van der Waals surface area (Å²) in [7, 11) is 1.10. The number of esters is 2. The molecule has 0 radical (unpaired) electrons. The fourth-order valence-electron chi connectivity index (χ4n) is 5.63. The second-order valence-electron chi connectivity index (χ2n) is 16.1. The smallest absolute Gasteiger partial charge is 0.306 e. The van der Waals surface area contributed by atoms with Crippen molar-refractivity contribution in [3.8, 4) is 0 Å². The molecule has 10 heteroatoms. The minimum atomic E-state index is -4.65. The van der Waals surface area contributed by atoms with Gasteiger partial charge in [0.2, 0.25) is 0 Å². The fourth-order valence-corrected chi connectivity index (χ4v) is 6.35. The van der Waals surface area contributed by atoms with Gasteiger partial charge in [0.15, 0.2) is 6.10 Å². The molecule has 0 heterocycles. The Hall–Kier alpha value is -2.55. The van der Waals surface area contributed by atoms with Crippen molar-refractivity contribution in [2.45, 2.75) is 174 Å². The highest BCUT2D eigenvalue weighted by Crippen LogP contribution is 2.38. The zero-order valence-corrected chi connectivity index (χ0v) is 38.4. The molecule has 2 atom stereocenters. The molecular formula is C48H84NO8P. The van der Waals surface area contributed by atoms with Gasteiger partial charge in [0, 0.05) is 12.8 Å². The maximum Gasteiger partial charge on any atom is 0.306 e. The van der Waals surface area contributed by atoms with Crippen LogP contribution >= 0.6 is 7.82 Å². The van der Waals surface area contributed by atoms with Crippen molar-refractivity contribution in [3.63, 3.8) is 0 Å². The quantitative estimate of drug-likeness (QED) is 0.0197. The molecule has 0 aromatic carbocycles. The van der Waals surface area contributed by atoms with Crippen molar-refractivity contribution >= 4 is 19.8 Å². The Balaban J connectivity index is 4.53. The molecule has 0 rings (SSSR count). The van der Waals surface area contributed by atoms with Crippen molar-refractivity contribution in [2.75, 3.05) is 47.5 Å². The van der Waals surface area contributed by atoms with Crippen LogP contribution in [-0.4, -0.2) is 70.0 Å². The topological polar surface area (TPSA) is 111 Å². The Kier molecular flexibility index (Phi) is 38.1. The van der Waals surface area contributed by atoms with Gasteiger partial charge < -0.3 is 27.9 Å². The number of allylic oxidation sites excluding steroid dienone is 12. The second-order valence-corrected chi connectivity index (χ2v) is 17.5. The number of likely N-dealkylation sites (N-methyl/N-ethyl adjacent to an activating group) is 1. The Morgan fingerprint density at radius 2 is 0.931 bits per heavy atom. The third-order valence-corrected chi connectivity index (χ3v) is 10.2. The first-order valence-electron chi connectivity index (χ1n) is 22.6. The molecule has 0 amide bonds. The van der Waals surface area contributed by atoms with E-state index < -0.39 is 32.5 Å². The molecule has 0 bridgehead atoms. The molecule has 0 aromatic heterocycles. The van der Waals surface area contributed by atoms with Crippen LogP contribution in [0.5, 0.6) is 0 Å². The summed E-state index contributed by atoms with van der Waals surface area (Å²) < 4.78 is 33.8. The van der Waals surface area contributed by atoms with Gasteiger partial charge in [-0.2, -0.15) is 0 Å². The lowest BCUT2D eigenvalue weighted by Gasteiger charge is -2.28. The van der Waals surface area contributed by atoms with Gasteiger partial charge in [-0.15, -0.1) is 0 Å². The van der Waals surface area contributed by atoms with Gasteiger partial charge in [-0.3, -0.25) is 14.2 Å². The van der Waals surface area contributed by atoms with Gasteiger partial charge in [0.1, 0.15) is 19.8 Å². The number of hydrogen-bond donors (Lipinski definition) is 0. The Labute approximate surface area is 355 Å². The number of nitrogens with zero attached hydrogens (tertiary/aromatic N) is 1. The maximum absolute atomic E-state index is 12.7. The van der Waals surface area contributed by atoms with Gasteiger partial charge in [0.25, 0.3) is 7.82 Å². The van der Waals surface area contributed by atoms with Gasteiger partial charge >= 0.3 is 11.9 Å². The number of unbranched alkanes of at least 4 members (excludes halogenated alkanes) is 14. The van der Waals surface area contributed by atoms with E-state index in [4.69, 9.17) is 18.5 Å². The highest BCUT2D eigenvalue weighted by Gasteiger charge is 2.21. The molecule has 334 valence electrons. The van der Waals surface area contributed by atoms with Crippen LogP contribution in [0.1, 0.15) is 168 Å². The van der Waals surface area contributed by atoms with Gasteiger partial charge in [-0.1, -0.05) is 151 Å². The molecule has 0 aliphatic heterocycles. The van der Waals surface area contributed by atoms with Crippen LogP contribution in [0.2, 0.25) is 0 Å². The van der Waals surface area contributed by atoms with E-state index in [1.165, 1.54) is 77.0 Å². The number of rotatable bonds is 40. The predicted molar refractivity (Wildman–Crippen MR) is 240 cm³/mol. The second kappa shape index (κ2) is 39.9. The number of ether oxygens (including phenoxy) is 2. The Bertz CT molecular complexity index is 1220. The summed E-state index contributed by atoms with van der Waals surface area (Å²) in [5.74, 6) is -0.962. The summed E-state index contributed by atoms with van der Waals surface area (Å²) in [6, 6.07) is 0. The van der Waals surface area contributed by atoms with E-state index in [0.29, 0.717) is 30.3 Å². The number of phosphoric ester groups is 1. The van der Waals surface area contributed by atoms with Gasteiger partial charge in [0.05, 0.1) is 27.7 Å². The molecule has 0 saturated heterocycles. The van der Waals surface area contributed by atoms with E-state index in [2.05, 4.69) is 80.7 Å². The summed E-state index contributed by atoms with van der Waals surface area (Å²) in [4.78, 5) is 37.5. The van der Waals surface area contributed by atoms with E-state index >= 15 is 0 Å². The maximum atomic E-state index is 12.7. The first-order valence-corrected chi connectivity index (χ1v) is 24.1. The van der Waals surface area contributed by atoms with Crippen molar-refractivity contribution in [1.82, 2.24) is 0 Å². The average molecular weight is 834 g/mol. The molecular weight excluding hydrogens is 750 g/mol. The molecule has 9 nitrogen and oxygen atoms in total. The zero-order chi connectivity index (χ0) is 42.8. The lowest BCUT2D eigenvalue weighted by Crippen LogP contribution is -2.37. The zero-order valence-electron chi connectivity index (χ0n) is 37.5. The molecule has 0 aromatic rings. The minimum absolute atomic E-state index is 0.0508. The third kappa shape index (κ3) is 43.0. The predicted octanol–water partition coefficient (Wildman–Crippen LogP) is 12.4. The van der Waals surface area contributed by atoms with Crippen LogP contribution in [0.3, 0.4) is 0 Å². The van der Waals surface area contributed by atoms with E-state index in [9.17, 15) is 19.0 Å². The number of carbonyl (C=O) groups is 2. The first kappa shape index (κ1) is 55.5. The van der Waals surface area contributed by atoms with Crippen LogP contribution in [0.15, 0.2) is 72.9 Å². The average Bonchev–Trinajstić information content (AvgIpc) is 3.17. The largest absolute Gasteiger partial charge is 0.756 e.